The summed E-state index contributed by atoms with van der Waals surface area (Å²) in [6, 6.07) is 14.4. The Morgan fingerprint density at radius 3 is 1.86 bits per heavy atom. The van der Waals surface area contributed by atoms with Gasteiger partial charge in [-0.3, -0.25) is 14.4 Å². The quantitative estimate of drug-likeness (QED) is 0.291. The number of carbonyl (C=O) groups is 1. The highest BCUT2D eigenvalue weighted by atomic mass is 32.1. The molecule has 3 rings (SSSR count). The van der Waals surface area contributed by atoms with Gasteiger partial charge in [-0.2, -0.15) is 0 Å². The summed E-state index contributed by atoms with van der Waals surface area (Å²) in [6.07, 6.45) is 4.45. The number of aliphatic hydroxyl groups excluding tert-OH is 1. The Balaban J connectivity index is 1.89. The fourth-order valence-electron chi connectivity index (χ4n) is 4.01. The summed E-state index contributed by atoms with van der Waals surface area (Å²) in [5.41, 5.74) is 0.921. The average Bonchev–Trinajstić information content (AvgIpc) is 2.83. The molecule has 2 aromatic heterocycles. The highest BCUT2D eigenvalue weighted by Crippen LogP contribution is 2.37. The van der Waals surface area contributed by atoms with Crippen LogP contribution in [0.4, 0.5) is 0 Å². The second kappa shape index (κ2) is 12.6. The number of carboxylic acids is 1. The molecular formula is C29H34O5S2. The molecule has 0 aliphatic heterocycles. The van der Waals surface area contributed by atoms with Crippen LogP contribution in [0.5, 0.6) is 0 Å². The Bertz CT molecular complexity index is 1310. The second-order valence-corrected chi connectivity index (χ2v) is 12.4. The lowest BCUT2D eigenvalue weighted by atomic mass is 9.87. The normalized spacial score (nSPS) is 12.4. The highest BCUT2D eigenvalue weighted by molar-refractivity contribution is 7.16. The maximum atomic E-state index is 12.6. The SMILES string of the molecule is CC(CO)CCCc1cc(=O)cc(-c2ccccc2-c2cc(=O)cc(CCCC(C)(C)C(=O)O)s2)s1. The number of hydrogen-bond donors (Lipinski definition) is 2. The molecule has 1 aromatic carbocycles. The van der Waals surface area contributed by atoms with Gasteiger partial charge >= 0.3 is 5.97 Å². The van der Waals surface area contributed by atoms with Crippen molar-refractivity contribution in [2.75, 3.05) is 6.61 Å². The van der Waals surface area contributed by atoms with Crippen molar-refractivity contribution in [3.8, 4) is 20.9 Å². The van der Waals surface area contributed by atoms with E-state index in [9.17, 15) is 24.6 Å². The van der Waals surface area contributed by atoms with E-state index in [4.69, 9.17) is 0 Å². The van der Waals surface area contributed by atoms with Gasteiger partial charge in [0.05, 0.1) is 5.41 Å². The summed E-state index contributed by atoms with van der Waals surface area (Å²) in [5.74, 6) is -0.571. The molecule has 5 nitrogen and oxygen atoms in total. The van der Waals surface area contributed by atoms with Gasteiger partial charge < -0.3 is 10.2 Å². The number of aliphatic hydroxyl groups is 1. The molecule has 1 unspecified atom stereocenters. The first-order valence-electron chi connectivity index (χ1n) is 12.3. The first-order valence-corrected chi connectivity index (χ1v) is 13.9. The van der Waals surface area contributed by atoms with Crippen LogP contribution >= 0.6 is 22.7 Å². The molecule has 1 atom stereocenters. The van der Waals surface area contributed by atoms with Crippen molar-refractivity contribution in [2.45, 2.75) is 59.3 Å². The zero-order chi connectivity index (χ0) is 26.3. The standard InChI is InChI=1S/C29H34O5S2/c1-19(18-30)8-6-9-22-14-20(31)16-26(35-22)24-11-4-5-12-25(24)27-17-21(32)15-23(36-27)10-7-13-29(2,3)28(33)34/h4-5,11-12,14-17,19,30H,6-10,13,18H2,1-3H3,(H,33,34). The van der Waals surface area contributed by atoms with Gasteiger partial charge in [0.1, 0.15) is 0 Å². The van der Waals surface area contributed by atoms with Crippen LogP contribution in [0.2, 0.25) is 0 Å². The monoisotopic (exact) mass is 526 g/mol. The van der Waals surface area contributed by atoms with E-state index in [-0.39, 0.29) is 23.4 Å². The van der Waals surface area contributed by atoms with Gasteiger partial charge in [-0.15, -0.1) is 22.7 Å². The van der Waals surface area contributed by atoms with Gasteiger partial charge in [0.25, 0.3) is 0 Å². The van der Waals surface area contributed by atoms with E-state index >= 15 is 0 Å². The van der Waals surface area contributed by atoms with Crippen molar-refractivity contribution in [3.63, 3.8) is 0 Å². The van der Waals surface area contributed by atoms with Gasteiger partial charge in [-0.25, -0.2) is 0 Å². The van der Waals surface area contributed by atoms with E-state index < -0.39 is 11.4 Å². The predicted molar refractivity (Wildman–Crippen MR) is 149 cm³/mol. The van der Waals surface area contributed by atoms with E-state index in [2.05, 4.69) is 0 Å². The molecule has 2 N–H and O–H groups in total. The molecule has 36 heavy (non-hydrogen) atoms. The molecule has 0 saturated carbocycles. The van der Waals surface area contributed by atoms with Crippen LogP contribution in [-0.2, 0) is 17.6 Å². The molecule has 0 fully saturated rings. The van der Waals surface area contributed by atoms with Crippen molar-refractivity contribution in [3.05, 3.63) is 78.7 Å². The molecule has 0 saturated heterocycles. The number of rotatable bonds is 12. The van der Waals surface area contributed by atoms with Crippen LogP contribution in [0.25, 0.3) is 20.9 Å². The minimum atomic E-state index is -0.817. The zero-order valence-electron chi connectivity index (χ0n) is 21.1. The lowest BCUT2D eigenvalue weighted by Crippen LogP contribution is -2.23. The number of benzene rings is 1. The molecule has 3 aromatic rings. The van der Waals surface area contributed by atoms with Crippen molar-refractivity contribution in [1.29, 1.82) is 0 Å². The van der Waals surface area contributed by atoms with E-state index in [0.717, 1.165) is 49.9 Å². The fraction of sp³-hybridized carbons (Fsp3) is 0.414. The third-order valence-electron chi connectivity index (χ3n) is 6.33. The molecule has 0 radical (unpaired) electrons. The van der Waals surface area contributed by atoms with Crippen LogP contribution in [0.3, 0.4) is 0 Å². The molecule has 0 aliphatic carbocycles. The molecular weight excluding hydrogens is 492 g/mol. The first-order chi connectivity index (χ1) is 17.1. The predicted octanol–water partition coefficient (Wildman–Crippen LogP) is 6.25. The van der Waals surface area contributed by atoms with Crippen LogP contribution in [0, 0.1) is 11.3 Å². The number of hydrogen-bond acceptors (Lipinski definition) is 6. The topological polar surface area (TPSA) is 91.7 Å². The number of aliphatic carboxylic acids is 1. The van der Waals surface area contributed by atoms with Crippen LogP contribution in [0.1, 0.15) is 56.2 Å². The summed E-state index contributed by atoms with van der Waals surface area (Å²) in [7, 11) is 0. The van der Waals surface area contributed by atoms with E-state index in [1.165, 1.54) is 0 Å². The van der Waals surface area contributed by atoms with E-state index in [0.29, 0.717) is 19.3 Å². The largest absolute Gasteiger partial charge is 0.481 e. The van der Waals surface area contributed by atoms with Crippen LogP contribution in [0.15, 0.2) is 58.1 Å². The number of carboxylic acid groups (broad SMARTS) is 1. The Kier molecular flexibility index (Phi) is 9.77. The van der Waals surface area contributed by atoms with Crippen molar-refractivity contribution >= 4 is 28.6 Å². The Hall–Kier alpha value is -2.61. The third-order valence-corrected chi connectivity index (χ3v) is 8.61. The van der Waals surface area contributed by atoms with E-state index in [1.54, 1.807) is 60.8 Å². The summed E-state index contributed by atoms with van der Waals surface area (Å²) in [5, 5.41) is 18.6. The minimum absolute atomic E-state index is 0.0354. The summed E-state index contributed by atoms with van der Waals surface area (Å²) in [6.45, 7) is 5.62. The molecule has 0 aliphatic rings. The summed E-state index contributed by atoms with van der Waals surface area (Å²) < 4.78 is 0. The van der Waals surface area contributed by atoms with Crippen LogP contribution < -0.4 is 10.9 Å². The Morgan fingerprint density at radius 1 is 0.889 bits per heavy atom. The maximum absolute atomic E-state index is 12.6. The van der Waals surface area contributed by atoms with Gasteiger partial charge in [0, 0.05) is 49.4 Å². The maximum Gasteiger partial charge on any atom is 0.309 e. The minimum Gasteiger partial charge on any atom is -0.481 e. The Labute approximate surface area is 220 Å². The molecule has 7 heteroatoms. The van der Waals surface area contributed by atoms with E-state index in [1.807, 2.05) is 31.2 Å². The second-order valence-electron chi connectivity index (χ2n) is 10.0. The first kappa shape index (κ1) is 28.0. The molecule has 0 spiro atoms. The number of aryl methyl sites for hydroxylation is 2. The smallest absolute Gasteiger partial charge is 0.309 e. The average molecular weight is 527 g/mol. The van der Waals surface area contributed by atoms with Crippen molar-refractivity contribution in [1.82, 2.24) is 0 Å². The zero-order valence-corrected chi connectivity index (χ0v) is 22.7. The lowest BCUT2D eigenvalue weighted by Gasteiger charge is -2.18. The summed E-state index contributed by atoms with van der Waals surface area (Å²) in [4.78, 5) is 40.1. The lowest BCUT2D eigenvalue weighted by molar-refractivity contribution is -0.147. The molecule has 2 heterocycles. The van der Waals surface area contributed by atoms with Gasteiger partial charge in [0.15, 0.2) is 10.9 Å². The fourth-order valence-corrected chi connectivity index (χ4v) is 6.35. The van der Waals surface area contributed by atoms with Gasteiger partial charge in [0.2, 0.25) is 0 Å². The Morgan fingerprint density at radius 2 is 1.39 bits per heavy atom. The molecule has 192 valence electrons. The molecule has 0 bridgehead atoms. The van der Waals surface area contributed by atoms with Gasteiger partial charge in [-0.05, 0) is 70.4 Å². The molecule has 0 amide bonds. The summed E-state index contributed by atoms with van der Waals surface area (Å²) >= 11 is 3.13. The van der Waals surface area contributed by atoms with Crippen molar-refractivity contribution in [2.24, 2.45) is 11.3 Å². The highest BCUT2D eigenvalue weighted by Gasteiger charge is 2.26. The third kappa shape index (κ3) is 7.69. The van der Waals surface area contributed by atoms with Crippen molar-refractivity contribution < 1.29 is 15.0 Å². The van der Waals surface area contributed by atoms with Gasteiger partial charge in [-0.1, -0.05) is 31.2 Å². The van der Waals surface area contributed by atoms with Crippen LogP contribution in [-0.4, -0.2) is 22.8 Å².